The summed E-state index contributed by atoms with van der Waals surface area (Å²) < 4.78 is 5.48. The van der Waals surface area contributed by atoms with E-state index in [-0.39, 0.29) is 40.8 Å². The second kappa shape index (κ2) is 7.30. The molecule has 1 aliphatic carbocycles. The lowest BCUT2D eigenvalue weighted by molar-refractivity contribution is 0.0872. The summed E-state index contributed by atoms with van der Waals surface area (Å²) >= 11 is 0. The summed E-state index contributed by atoms with van der Waals surface area (Å²) in [6.07, 6.45) is 0. The highest BCUT2D eigenvalue weighted by Crippen LogP contribution is 2.35. The van der Waals surface area contributed by atoms with Crippen LogP contribution in [0.1, 0.15) is 42.2 Å². The van der Waals surface area contributed by atoms with Crippen LogP contribution in [0.2, 0.25) is 0 Å². The van der Waals surface area contributed by atoms with Gasteiger partial charge >= 0.3 is 0 Å². The van der Waals surface area contributed by atoms with Gasteiger partial charge in [0, 0.05) is 42.9 Å². The quantitative estimate of drug-likeness (QED) is 0.646. The zero-order valence-corrected chi connectivity index (χ0v) is 16.0. The van der Waals surface area contributed by atoms with Gasteiger partial charge in [-0.2, -0.15) is 0 Å². The average molecular weight is 378 g/mol. The van der Waals surface area contributed by atoms with E-state index in [1.165, 1.54) is 7.11 Å². The van der Waals surface area contributed by atoms with E-state index >= 15 is 0 Å². The Morgan fingerprint density at radius 2 is 1.57 bits per heavy atom. The van der Waals surface area contributed by atoms with Crippen molar-refractivity contribution < 1.29 is 19.1 Å². The fourth-order valence-electron chi connectivity index (χ4n) is 3.88. The van der Waals surface area contributed by atoms with Gasteiger partial charge in [0.05, 0.1) is 24.8 Å². The van der Waals surface area contributed by atoms with Crippen molar-refractivity contribution in [3.05, 3.63) is 64.2 Å². The molecular formula is C22H22N2O4. The third-order valence-corrected chi connectivity index (χ3v) is 5.51. The fourth-order valence-corrected chi connectivity index (χ4v) is 3.88. The van der Waals surface area contributed by atoms with Crippen molar-refractivity contribution in [2.75, 3.05) is 46.9 Å². The molecular weight excluding hydrogens is 356 g/mol. The van der Waals surface area contributed by atoms with Crippen LogP contribution in [0.4, 0.5) is 0 Å². The first kappa shape index (κ1) is 18.5. The molecule has 0 spiro atoms. The number of rotatable bonds is 4. The number of ketones is 3. The van der Waals surface area contributed by atoms with Gasteiger partial charge in [-0.05, 0) is 19.2 Å². The van der Waals surface area contributed by atoms with E-state index in [4.69, 9.17) is 4.74 Å². The Hall–Kier alpha value is -2.83. The summed E-state index contributed by atoms with van der Waals surface area (Å²) in [5, 5.41) is 0. The molecule has 28 heavy (non-hydrogen) atoms. The standard InChI is InChI=1S/C22H22N2O4/c1-23-9-11-24(12-10-23)13-18(25)16-7-8-17-19(22(16)28-2)21(27)15-6-4-3-5-14(15)20(17)26/h3-8H,9-13H2,1-2H3. The Balaban J connectivity index is 1.70. The van der Waals surface area contributed by atoms with E-state index in [1.54, 1.807) is 36.4 Å². The Labute approximate surface area is 163 Å². The van der Waals surface area contributed by atoms with Crippen molar-refractivity contribution in [2.24, 2.45) is 0 Å². The number of benzene rings is 2. The molecule has 0 N–H and O–H groups in total. The Kier molecular flexibility index (Phi) is 4.83. The highest BCUT2D eigenvalue weighted by atomic mass is 16.5. The second-order valence-corrected chi connectivity index (χ2v) is 7.28. The zero-order chi connectivity index (χ0) is 19.8. The average Bonchev–Trinajstić information content (AvgIpc) is 2.72. The molecule has 1 saturated heterocycles. The van der Waals surface area contributed by atoms with E-state index in [9.17, 15) is 14.4 Å². The number of fused-ring (bicyclic) bond motifs is 2. The zero-order valence-electron chi connectivity index (χ0n) is 16.0. The molecule has 2 aliphatic rings. The minimum atomic E-state index is -0.281. The molecule has 1 fully saturated rings. The van der Waals surface area contributed by atoms with Crippen LogP contribution in [-0.2, 0) is 0 Å². The summed E-state index contributed by atoms with van der Waals surface area (Å²) in [7, 11) is 3.49. The van der Waals surface area contributed by atoms with Crippen LogP contribution in [-0.4, -0.2) is 74.0 Å². The van der Waals surface area contributed by atoms with Gasteiger partial charge in [0.25, 0.3) is 0 Å². The number of ether oxygens (including phenoxy) is 1. The first-order valence-electron chi connectivity index (χ1n) is 9.34. The van der Waals surface area contributed by atoms with Crippen molar-refractivity contribution in [2.45, 2.75) is 0 Å². The van der Waals surface area contributed by atoms with Crippen LogP contribution in [0.3, 0.4) is 0 Å². The molecule has 4 rings (SSSR count). The van der Waals surface area contributed by atoms with Gasteiger partial charge in [0.15, 0.2) is 17.3 Å². The molecule has 0 atom stereocenters. The van der Waals surface area contributed by atoms with Crippen LogP contribution in [0, 0.1) is 0 Å². The number of piperazine rings is 1. The molecule has 144 valence electrons. The van der Waals surface area contributed by atoms with Crippen molar-refractivity contribution in [3.63, 3.8) is 0 Å². The number of methoxy groups -OCH3 is 1. The Bertz CT molecular complexity index is 974. The third kappa shape index (κ3) is 3.04. The molecule has 0 amide bonds. The van der Waals surface area contributed by atoms with Gasteiger partial charge in [0.2, 0.25) is 0 Å². The highest BCUT2D eigenvalue weighted by Gasteiger charge is 2.34. The maximum absolute atomic E-state index is 13.1. The van der Waals surface area contributed by atoms with E-state index in [1.807, 2.05) is 0 Å². The molecule has 2 aromatic rings. The van der Waals surface area contributed by atoms with Crippen LogP contribution in [0.15, 0.2) is 36.4 Å². The first-order valence-corrected chi connectivity index (χ1v) is 9.34. The van der Waals surface area contributed by atoms with Crippen LogP contribution in [0.5, 0.6) is 5.75 Å². The van der Waals surface area contributed by atoms with Gasteiger partial charge in [0.1, 0.15) is 5.75 Å². The van der Waals surface area contributed by atoms with Gasteiger partial charge in [-0.3, -0.25) is 19.3 Å². The van der Waals surface area contributed by atoms with Gasteiger partial charge in [-0.1, -0.05) is 24.3 Å². The first-order chi connectivity index (χ1) is 13.5. The van der Waals surface area contributed by atoms with Gasteiger partial charge < -0.3 is 9.64 Å². The SMILES string of the molecule is COc1c(C(=O)CN2CCN(C)CC2)ccc2c1C(=O)c1ccccc1C2=O. The van der Waals surface area contributed by atoms with Crippen molar-refractivity contribution in [1.82, 2.24) is 9.80 Å². The largest absolute Gasteiger partial charge is 0.495 e. The summed E-state index contributed by atoms with van der Waals surface area (Å²) in [5.74, 6) is -0.411. The summed E-state index contributed by atoms with van der Waals surface area (Å²) in [4.78, 5) is 43.2. The minimum Gasteiger partial charge on any atom is -0.495 e. The number of likely N-dealkylation sites (N-methyl/N-ethyl adjacent to an activating group) is 1. The minimum absolute atomic E-state index is 0.108. The number of hydrogen-bond donors (Lipinski definition) is 0. The van der Waals surface area contributed by atoms with Gasteiger partial charge in [-0.25, -0.2) is 0 Å². The number of nitrogens with zero attached hydrogens (tertiary/aromatic N) is 2. The number of carbonyl (C=O) groups is 3. The van der Waals surface area contributed by atoms with Gasteiger partial charge in [-0.15, -0.1) is 0 Å². The second-order valence-electron chi connectivity index (χ2n) is 7.28. The molecule has 6 nitrogen and oxygen atoms in total. The normalized spacial score (nSPS) is 17.2. The molecule has 0 unspecified atom stereocenters. The lowest BCUT2D eigenvalue weighted by atomic mass is 9.82. The van der Waals surface area contributed by atoms with Crippen LogP contribution in [0.25, 0.3) is 0 Å². The van der Waals surface area contributed by atoms with E-state index in [0.717, 1.165) is 26.2 Å². The fraction of sp³-hybridized carbons (Fsp3) is 0.318. The van der Waals surface area contributed by atoms with Crippen LogP contribution >= 0.6 is 0 Å². The predicted molar refractivity (Wildman–Crippen MR) is 105 cm³/mol. The molecule has 0 saturated carbocycles. The van der Waals surface area contributed by atoms with E-state index in [2.05, 4.69) is 16.8 Å². The number of carbonyl (C=O) groups excluding carboxylic acids is 3. The smallest absolute Gasteiger partial charge is 0.198 e. The third-order valence-electron chi connectivity index (χ3n) is 5.51. The molecule has 1 aliphatic heterocycles. The Morgan fingerprint density at radius 3 is 2.21 bits per heavy atom. The summed E-state index contributed by atoms with van der Waals surface area (Å²) in [6, 6.07) is 9.93. The molecule has 0 aromatic heterocycles. The lowest BCUT2D eigenvalue weighted by Gasteiger charge is -2.32. The molecule has 6 heteroatoms. The molecule has 0 radical (unpaired) electrons. The van der Waals surface area contributed by atoms with Crippen molar-refractivity contribution in [3.8, 4) is 5.75 Å². The number of Topliss-reactive ketones (excluding diaryl/α,β-unsaturated/α-hetero) is 1. The van der Waals surface area contributed by atoms with E-state index < -0.39 is 0 Å². The maximum atomic E-state index is 13.1. The van der Waals surface area contributed by atoms with Crippen molar-refractivity contribution >= 4 is 17.3 Å². The van der Waals surface area contributed by atoms with Crippen molar-refractivity contribution in [1.29, 1.82) is 0 Å². The maximum Gasteiger partial charge on any atom is 0.198 e. The van der Waals surface area contributed by atoms with E-state index in [0.29, 0.717) is 16.7 Å². The topological polar surface area (TPSA) is 66.9 Å². The van der Waals surface area contributed by atoms with Crippen LogP contribution < -0.4 is 4.74 Å². The summed E-state index contributed by atoms with van der Waals surface area (Å²) in [5.41, 5.74) is 1.56. The predicted octanol–water partition coefficient (Wildman–Crippen LogP) is 1.90. The Morgan fingerprint density at radius 1 is 0.929 bits per heavy atom. The molecule has 1 heterocycles. The summed E-state index contributed by atoms with van der Waals surface area (Å²) in [6.45, 7) is 3.74. The lowest BCUT2D eigenvalue weighted by Crippen LogP contribution is -2.46. The monoisotopic (exact) mass is 378 g/mol. The highest BCUT2D eigenvalue weighted by molar-refractivity contribution is 6.30. The molecule has 2 aromatic carbocycles. The molecule has 0 bridgehead atoms. The number of hydrogen-bond acceptors (Lipinski definition) is 6.